The molecule has 1 aromatic heterocycles. The van der Waals surface area contributed by atoms with Crippen molar-refractivity contribution in [3.05, 3.63) is 17.3 Å². The number of nitrogens with zero attached hydrogens (tertiary/aromatic N) is 2. The Labute approximate surface area is 92.5 Å². The average Bonchev–Trinajstić information content (AvgIpc) is 2.10. The molecule has 0 aliphatic rings. The van der Waals surface area contributed by atoms with Gasteiger partial charge < -0.3 is 10.4 Å². The van der Waals surface area contributed by atoms with Crippen molar-refractivity contribution in [2.24, 2.45) is 0 Å². The van der Waals surface area contributed by atoms with Gasteiger partial charge in [-0.3, -0.25) is 0 Å². The van der Waals surface area contributed by atoms with Gasteiger partial charge in [-0.2, -0.15) is 4.98 Å². The minimum absolute atomic E-state index is 0.0131. The molecular formula is C9H13ClFN3O. The molecule has 6 heteroatoms. The molecule has 0 aliphatic carbocycles. The Kier molecular flexibility index (Phi) is 3.46. The van der Waals surface area contributed by atoms with E-state index in [1.54, 1.807) is 20.8 Å². The zero-order valence-corrected chi connectivity index (χ0v) is 9.51. The van der Waals surface area contributed by atoms with Crippen LogP contribution in [0, 0.1) is 5.82 Å². The van der Waals surface area contributed by atoms with Crippen LogP contribution in [0.3, 0.4) is 0 Å². The van der Waals surface area contributed by atoms with Crippen LogP contribution in [0.2, 0.25) is 5.28 Å². The molecule has 0 aliphatic heterocycles. The van der Waals surface area contributed by atoms with Crippen molar-refractivity contribution in [2.45, 2.75) is 32.4 Å². The lowest BCUT2D eigenvalue weighted by Crippen LogP contribution is -2.42. The van der Waals surface area contributed by atoms with E-state index >= 15 is 0 Å². The number of aliphatic hydroxyl groups is 1. The van der Waals surface area contributed by atoms with Crippen molar-refractivity contribution in [2.75, 3.05) is 5.32 Å². The quantitative estimate of drug-likeness (QED) is 0.783. The lowest BCUT2D eigenvalue weighted by atomic mass is 9.99. The molecule has 4 nitrogen and oxygen atoms in total. The molecule has 0 aromatic carbocycles. The van der Waals surface area contributed by atoms with Gasteiger partial charge in [-0.25, -0.2) is 9.37 Å². The first-order valence-corrected chi connectivity index (χ1v) is 4.85. The van der Waals surface area contributed by atoms with Gasteiger partial charge in [0, 0.05) is 0 Å². The van der Waals surface area contributed by atoms with Gasteiger partial charge in [-0.1, -0.05) is 0 Å². The van der Waals surface area contributed by atoms with Crippen molar-refractivity contribution in [1.29, 1.82) is 0 Å². The summed E-state index contributed by atoms with van der Waals surface area (Å²) < 4.78 is 13.2. The maximum Gasteiger partial charge on any atom is 0.224 e. The number of rotatable bonds is 3. The number of aliphatic hydroxyl groups excluding tert-OH is 1. The van der Waals surface area contributed by atoms with E-state index < -0.39 is 17.5 Å². The predicted molar refractivity (Wildman–Crippen MR) is 56.4 cm³/mol. The van der Waals surface area contributed by atoms with Crippen molar-refractivity contribution in [3.63, 3.8) is 0 Å². The molecule has 1 unspecified atom stereocenters. The highest BCUT2D eigenvalue weighted by Crippen LogP contribution is 2.19. The van der Waals surface area contributed by atoms with Crippen LogP contribution < -0.4 is 5.32 Å². The molecule has 1 rings (SSSR count). The molecule has 0 radical (unpaired) electrons. The van der Waals surface area contributed by atoms with Gasteiger partial charge in [0.05, 0.1) is 17.8 Å². The SMILES string of the molecule is CC(O)C(C)(C)Nc1nc(Cl)ncc1F. The van der Waals surface area contributed by atoms with Gasteiger partial charge in [0.2, 0.25) is 5.28 Å². The minimum atomic E-state index is -0.696. The van der Waals surface area contributed by atoms with Crippen LogP contribution in [-0.4, -0.2) is 26.7 Å². The topological polar surface area (TPSA) is 58.0 Å². The Morgan fingerprint density at radius 2 is 2.20 bits per heavy atom. The molecule has 0 amide bonds. The molecular weight excluding hydrogens is 221 g/mol. The normalized spacial score (nSPS) is 13.7. The second-order valence-corrected chi connectivity index (χ2v) is 4.20. The van der Waals surface area contributed by atoms with Crippen LogP contribution in [0.5, 0.6) is 0 Å². The molecule has 0 fully saturated rings. The summed E-state index contributed by atoms with van der Waals surface area (Å²) in [5, 5.41) is 12.2. The van der Waals surface area contributed by atoms with Gasteiger partial charge in [-0.15, -0.1) is 0 Å². The second-order valence-electron chi connectivity index (χ2n) is 3.86. The third-order valence-corrected chi connectivity index (χ3v) is 2.38. The minimum Gasteiger partial charge on any atom is -0.391 e. The van der Waals surface area contributed by atoms with Crippen molar-refractivity contribution < 1.29 is 9.50 Å². The van der Waals surface area contributed by atoms with Gasteiger partial charge in [-0.05, 0) is 32.4 Å². The smallest absolute Gasteiger partial charge is 0.224 e. The third kappa shape index (κ3) is 3.00. The van der Waals surface area contributed by atoms with Crippen LogP contribution >= 0.6 is 11.6 Å². The molecule has 0 spiro atoms. The first-order valence-electron chi connectivity index (χ1n) is 4.47. The number of nitrogens with one attached hydrogen (secondary N) is 1. The fraction of sp³-hybridized carbons (Fsp3) is 0.556. The van der Waals surface area contributed by atoms with Crippen molar-refractivity contribution >= 4 is 17.4 Å². The van der Waals surface area contributed by atoms with E-state index in [0.29, 0.717) is 0 Å². The van der Waals surface area contributed by atoms with Gasteiger partial charge in [0.25, 0.3) is 0 Å². The van der Waals surface area contributed by atoms with E-state index in [2.05, 4.69) is 15.3 Å². The lowest BCUT2D eigenvalue weighted by Gasteiger charge is -2.29. The van der Waals surface area contributed by atoms with E-state index in [4.69, 9.17) is 11.6 Å². The van der Waals surface area contributed by atoms with Crippen molar-refractivity contribution in [3.8, 4) is 0 Å². The maximum absolute atomic E-state index is 13.2. The first kappa shape index (κ1) is 12.1. The monoisotopic (exact) mass is 233 g/mol. The standard InChI is InChI=1S/C9H13ClFN3O/c1-5(15)9(2,3)14-7-6(11)4-12-8(10)13-7/h4-5,15H,1-3H3,(H,12,13,14). The summed E-state index contributed by atoms with van der Waals surface area (Å²) >= 11 is 5.53. The molecule has 0 bridgehead atoms. The Morgan fingerprint density at radius 3 is 2.73 bits per heavy atom. The summed E-state index contributed by atoms with van der Waals surface area (Å²) in [6.07, 6.45) is 0.320. The maximum atomic E-state index is 13.2. The summed E-state index contributed by atoms with van der Waals surface area (Å²) in [6.45, 7) is 5.06. The van der Waals surface area contributed by atoms with E-state index in [0.717, 1.165) is 6.20 Å². The van der Waals surface area contributed by atoms with Crippen LogP contribution in [0.15, 0.2) is 6.20 Å². The molecule has 84 valence electrons. The number of anilines is 1. The van der Waals surface area contributed by atoms with E-state index in [9.17, 15) is 9.50 Å². The fourth-order valence-corrected chi connectivity index (χ4v) is 0.976. The van der Waals surface area contributed by atoms with Gasteiger partial charge in [0.15, 0.2) is 11.6 Å². The molecule has 1 heterocycles. The first-order chi connectivity index (χ1) is 6.83. The number of hydrogen-bond donors (Lipinski definition) is 2. The van der Waals surface area contributed by atoms with E-state index in [-0.39, 0.29) is 11.1 Å². The molecule has 1 atom stereocenters. The number of aromatic nitrogens is 2. The Bertz CT molecular complexity index is 357. The van der Waals surface area contributed by atoms with Crippen LogP contribution in [0.4, 0.5) is 10.2 Å². The molecule has 0 saturated carbocycles. The van der Waals surface area contributed by atoms with Gasteiger partial charge in [0.1, 0.15) is 0 Å². The Hall–Kier alpha value is -0.940. The van der Waals surface area contributed by atoms with E-state index in [1.165, 1.54) is 0 Å². The van der Waals surface area contributed by atoms with Crippen LogP contribution in [-0.2, 0) is 0 Å². The summed E-state index contributed by atoms with van der Waals surface area (Å²) in [6, 6.07) is 0. The number of hydrogen-bond acceptors (Lipinski definition) is 4. The van der Waals surface area contributed by atoms with Crippen molar-refractivity contribution in [1.82, 2.24) is 9.97 Å². The zero-order valence-electron chi connectivity index (χ0n) is 8.75. The lowest BCUT2D eigenvalue weighted by molar-refractivity contribution is 0.132. The molecule has 0 saturated heterocycles. The van der Waals surface area contributed by atoms with E-state index in [1.807, 2.05) is 0 Å². The van der Waals surface area contributed by atoms with Gasteiger partial charge >= 0.3 is 0 Å². The Balaban J connectivity index is 2.94. The van der Waals surface area contributed by atoms with Crippen LogP contribution in [0.25, 0.3) is 0 Å². The summed E-state index contributed by atoms with van der Waals surface area (Å²) in [5.74, 6) is -0.617. The summed E-state index contributed by atoms with van der Waals surface area (Å²) in [7, 11) is 0. The molecule has 15 heavy (non-hydrogen) atoms. The third-order valence-electron chi connectivity index (χ3n) is 2.20. The number of halogens is 2. The highest BCUT2D eigenvalue weighted by atomic mass is 35.5. The highest BCUT2D eigenvalue weighted by Gasteiger charge is 2.25. The average molecular weight is 234 g/mol. The largest absolute Gasteiger partial charge is 0.391 e. The summed E-state index contributed by atoms with van der Waals surface area (Å²) in [4.78, 5) is 7.19. The fourth-order valence-electron chi connectivity index (χ4n) is 0.843. The summed E-state index contributed by atoms with van der Waals surface area (Å²) in [5.41, 5.74) is -0.696. The zero-order chi connectivity index (χ0) is 11.6. The predicted octanol–water partition coefficient (Wildman–Crippen LogP) is 1.84. The highest BCUT2D eigenvalue weighted by molar-refractivity contribution is 6.28. The Morgan fingerprint density at radius 1 is 1.60 bits per heavy atom. The second kappa shape index (κ2) is 4.28. The molecule has 1 aromatic rings. The molecule has 2 N–H and O–H groups in total. The van der Waals surface area contributed by atoms with Crippen LogP contribution in [0.1, 0.15) is 20.8 Å².